The van der Waals surface area contributed by atoms with Crippen molar-refractivity contribution in [2.45, 2.75) is 45.2 Å². The molecule has 170 valence electrons. The molecular weight excluding hydrogens is 421 g/mol. The molecule has 0 saturated carbocycles. The minimum atomic E-state index is -4.68. The van der Waals surface area contributed by atoms with Crippen LogP contribution >= 0.6 is 0 Å². The molecule has 0 aliphatic carbocycles. The van der Waals surface area contributed by atoms with E-state index in [1.165, 1.54) is 12.1 Å². The lowest BCUT2D eigenvalue weighted by Gasteiger charge is -2.12. The molecule has 2 aromatic carbocycles. The summed E-state index contributed by atoms with van der Waals surface area (Å²) >= 11 is 0. The Morgan fingerprint density at radius 2 is 1.69 bits per heavy atom. The van der Waals surface area contributed by atoms with Gasteiger partial charge in [-0.05, 0) is 55.2 Å². The van der Waals surface area contributed by atoms with E-state index in [0.717, 1.165) is 30.5 Å². The number of alkyl halides is 3. The van der Waals surface area contributed by atoms with Crippen molar-refractivity contribution in [3.05, 3.63) is 59.2 Å². The number of aryl methyl sites for hydroxylation is 1. The fraction of sp³-hybridized carbons (Fsp3) is 0.348. The van der Waals surface area contributed by atoms with Gasteiger partial charge in [0.25, 0.3) is 0 Å². The van der Waals surface area contributed by atoms with E-state index in [0.29, 0.717) is 25.1 Å². The first-order valence-corrected chi connectivity index (χ1v) is 10.3. The molecule has 3 N–H and O–H groups in total. The summed E-state index contributed by atoms with van der Waals surface area (Å²) in [5, 5.41) is 16.8. The second-order valence-electron chi connectivity index (χ2n) is 7.20. The molecule has 9 heteroatoms. The lowest BCUT2D eigenvalue weighted by Crippen LogP contribution is -2.29. The van der Waals surface area contributed by atoms with E-state index in [9.17, 15) is 22.8 Å². The van der Waals surface area contributed by atoms with E-state index < -0.39 is 23.2 Å². The van der Waals surface area contributed by atoms with Crippen LogP contribution in [0.3, 0.4) is 0 Å². The van der Waals surface area contributed by atoms with Crippen molar-refractivity contribution in [2.24, 2.45) is 0 Å². The third-order valence-electron chi connectivity index (χ3n) is 4.63. The molecule has 0 bridgehead atoms. The Kier molecular flexibility index (Phi) is 9.08. The highest BCUT2D eigenvalue weighted by molar-refractivity contribution is 5.91. The van der Waals surface area contributed by atoms with Crippen LogP contribution in [0.2, 0.25) is 0 Å². The summed E-state index contributed by atoms with van der Waals surface area (Å²) in [6.45, 7) is 2.65. The van der Waals surface area contributed by atoms with Crippen LogP contribution in [0.15, 0.2) is 42.5 Å². The lowest BCUT2D eigenvalue weighted by molar-refractivity contribution is -0.137. The van der Waals surface area contributed by atoms with E-state index in [1.807, 2.05) is 19.1 Å². The number of hydrogen-bond donors (Lipinski definition) is 3. The molecule has 0 aliphatic rings. The molecule has 0 aliphatic heterocycles. The number of hydrogen-bond acceptors (Lipinski definition) is 3. The van der Waals surface area contributed by atoms with Gasteiger partial charge in [0.15, 0.2) is 0 Å². The zero-order valence-electron chi connectivity index (χ0n) is 17.7. The summed E-state index contributed by atoms with van der Waals surface area (Å²) in [5.41, 5.74) is 0.0423. The number of anilines is 2. The van der Waals surface area contributed by atoms with Gasteiger partial charge < -0.3 is 16.0 Å². The maximum atomic E-state index is 13.0. The highest BCUT2D eigenvalue weighted by atomic mass is 19.4. The summed E-state index contributed by atoms with van der Waals surface area (Å²) < 4.78 is 39.1. The monoisotopic (exact) mass is 446 g/mol. The van der Waals surface area contributed by atoms with Crippen molar-refractivity contribution in [3.63, 3.8) is 0 Å². The molecule has 3 amide bonds. The zero-order chi connectivity index (χ0) is 23.6. The lowest BCUT2D eigenvalue weighted by atomic mass is 10.1. The van der Waals surface area contributed by atoms with Gasteiger partial charge in [-0.1, -0.05) is 25.5 Å². The molecule has 2 aromatic rings. The number of halogens is 3. The Bertz CT molecular complexity index is 967. The fourth-order valence-corrected chi connectivity index (χ4v) is 2.94. The number of nitriles is 1. The van der Waals surface area contributed by atoms with Crippen LogP contribution < -0.4 is 16.0 Å². The average molecular weight is 446 g/mol. The Morgan fingerprint density at radius 3 is 2.31 bits per heavy atom. The predicted octanol–water partition coefficient (Wildman–Crippen LogP) is 5.46. The molecule has 0 spiro atoms. The van der Waals surface area contributed by atoms with Gasteiger partial charge in [-0.3, -0.25) is 4.79 Å². The second-order valence-corrected chi connectivity index (χ2v) is 7.20. The molecule has 0 fully saturated rings. The number of nitrogens with zero attached hydrogens (tertiary/aromatic N) is 1. The van der Waals surface area contributed by atoms with Gasteiger partial charge in [-0.25, -0.2) is 4.79 Å². The third-order valence-corrected chi connectivity index (χ3v) is 4.63. The van der Waals surface area contributed by atoms with Crippen molar-refractivity contribution >= 4 is 23.3 Å². The van der Waals surface area contributed by atoms with Crippen LogP contribution in [-0.4, -0.2) is 18.5 Å². The molecule has 6 nitrogen and oxygen atoms in total. The summed E-state index contributed by atoms with van der Waals surface area (Å²) in [5.74, 6) is -0.412. The maximum absolute atomic E-state index is 13.0. The first-order valence-electron chi connectivity index (χ1n) is 10.3. The number of nitrogens with one attached hydrogen (secondary N) is 3. The predicted molar refractivity (Wildman–Crippen MR) is 116 cm³/mol. The van der Waals surface area contributed by atoms with E-state index in [1.54, 1.807) is 12.1 Å². The van der Waals surface area contributed by atoms with Gasteiger partial charge in [0.1, 0.15) is 0 Å². The molecule has 2 rings (SSSR count). The van der Waals surface area contributed by atoms with E-state index in [-0.39, 0.29) is 18.1 Å². The van der Waals surface area contributed by atoms with E-state index in [2.05, 4.69) is 16.0 Å². The summed E-state index contributed by atoms with van der Waals surface area (Å²) in [4.78, 5) is 23.8. The molecule has 32 heavy (non-hydrogen) atoms. The number of rotatable bonds is 9. The number of amides is 3. The van der Waals surface area contributed by atoms with Gasteiger partial charge in [0.05, 0.1) is 17.2 Å². The third kappa shape index (κ3) is 7.95. The Labute approximate surface area is 184 Å². The minimum Gasteiger partial charge on any atom is -0.338 e. The zero-order valence-corrected chi connectivity index (χ0v) is 17.7. The molecule has 0 radical (unpaired) electrons. The highest BCUT2D eigenvalue weighted by Crippen LogP contribution is 2.33. The van der Waals surface area contributed by atoms with E-state index >= 15 is 0 Å². The van der Waals surface area contributed by atoms with Crippen molar-refractivity contribution in [3.8, 4) is 6.07 Å². The SMILES string of the molecule is CCCCNC(=O)Nc1ccc(CCCC(=O)Nc2ccc(C#N)c(C(F)(F)F)c2)cc1. The van der Waals surface area contributed by atoms with Gasteiger partial charge in [-0.15, -0.1) is 0 Å². The van der Waals surface area contributed by atoms with Crippen molar-refractivity contribution in [1.82, 2.24) is 5.32 Å². The quantitative estimate of drug-likeness (QED) is 0.447. The topological polar surface area (TPSA) is 94.0 Å². The van der Waals surface area contributed by atoms with Crippen LogP contribution in [0, 0.1) is 11.3 Å². The normalized spacial score (nSPS) is 10.8. The van der Waals surface area contributed by atoms with Crippen LogP contribution in [0.4, 0.5) is 29.3 Å². The van der Waals surface area contributed by atoms with Crippen molar-refractivity contribution in [1.29, 1.82) is 5.26 Å². The number of unbranched alkanes of at least 4 members (excludes halogenated alkanes) is 1. The standard InChI is InChI=1S/C23H25F3N4O2/c1-2-3-13-28-22(32)30-18-10-7-16(8-11-18)5-4-6-21(31)29-19-12-9-17(15-27)20(14-19)23(24,25)26/h7-12,14H,2-6,13H2,1H3,(H,29,31)(H2,28,30,32). The van der Waals surface area contributed by atoms with Crippen LogP contribution in [0.25, 0.3) is 0 Å². The van der Waals surface area contributed by atoms with Crippen molar-refractivity contribution in [2.75, 3.05) is 17.2 Å². The fourth-order valence-electron chi connectivity index (χ4n) is 2.94. The number of carbonyl (C=O) groups is 2. The molecular formula is C23H25F3N4O2. The largest absolute Gasteiger partial charge is 0.417 e. The van der Waals surface area contributed by atoms with Gasteiger partial charge >= 0.3 is 12.2 Å². The molecule has 0 aromatic heterocycles. The van der Waals surface area contributed by atoms with Crippen LogP contribution in [0.1, 0.15) is 49.3 Å². The highest BCUT2D eigenvalue weighted by Gasteiger charge is 2.33. The summed E-state index contributed by atoms with van der Waals surface area (Å²) in [7, 11) is 0. The average Bonchev–Trinajstić information content (AvgIpc) is 2.74. The number of carbonyl (C=O) groups excluding carboxylic acids is 2. The molecule has 0 heterocycles. The Hall–Kier alpha value is -3.54. The van der Waals surface area contributed by atoms with E-state index in [4.69, 9.17) is 5.26 Å². The minimum absolute atomic E-state index is 0.00559. The number of benzene rings is 2. The van der Waals surface area contributed by atoms with Gasteiger partial charge in [-0.2, -0.15) is 18.4 Å². The second kappa shape index (κ2) is 11.7. The Morgan fingerprint density at radius 1 is 1.00 bits per heavy atom. The van der Waals surface area contributed by atoms with Crippen LogP contribution in [0.5, 0.6) is 0 Å². The first-order chi connectivity index (χ1) is 15.2. The Balaban J connectivity index is 1.81. The summed E-state index contributed by atoms with van der Waals surface area (Å²) in [6.07, 6.45) is -1.55. The number of urea groups is 1. The van der Waals surface area contributed by atoms with Gasteiger partial charge in [0, 0.05) is 24.3 Å². The molecule has 0 saturated heterocycles. The molecule has 0 atom stereocenters. The summed E-state index contributed by atoms with van der Waals surface area (Å²) in [6, 6.07) is 11.5. The first kappa shape index (κ1) is 24.7. The smallest absolute Gasteiger partial charge is 0.338 e. The van der Waals surface area contributed by atoms with Crippen LogP contribution in [-0.2, 0) is 17.4 Å². The maximum Gasteiger partial charge on any atom is 0.417 e. The molecule has 0 unspecified atom stereocenters. The van der Waals surface area contributed by atoms with Crippen molar-refractivity contribution < 1.29 is 22.8 Å². The van der Waals surface area contributed by atoms with Gasteiger partial charge in [0.2, 0.25) is 5.91 Å².